The number of ether oxygens (including phenoxy) is 1. The molecule has 1 amide bonds. The molecule has 0 aliphatic carbocycles. The Kier molecular flexibility index (Phi) is 6.41. The maximum atomic E-state index is 12.0. The summed E-state index contributed by atoms with van der Waals surface area (Å²) in [6, 6.07) is 5.56. The first-order chi connectivity index (χ1) is 11.7. The molecular formula is C16H11Cl4NO4. The fourth-order valence-corrected chi connectivity index (χ4v) is 3.17. The molecule has 25 heavy (non-hydrogen) atoms. The summed E-state index contributed by atoms with van der Waals surface area (Å²) in [5, 5.41) is 12.3. The third kappa shape index (κ3) is 4.92. The quantitative estimate of drug-likeness (QED) is 0.683. The van der Waals surface area contributed by atoms with E-state index < -0.39 is 11.9 Å². The van der Waals surface area contributed by atoms with E-state index >= 15 is 0 Å². The number of nitrogens with one attached hydrogen (secondary N) is 1. The minimum Gasteiger partial charge on any atom is -0.482 e. The lowest BCUT2D eigenvalue weighted by molar-refractivity contribution is -0.118. The largest absolute Gasteiger partial charge is 0.482 e. The monoisotopic (exact) mass is 421 g/mol. The zero-order valence-corrected chi connectivity index (χ0v) is 15.7. The number of carbonyl (C=O) groups excluding carboxylic acids is 1. The Morgan fingerprint density at radius 1 is 1.04 bits per heavy atom. The molecule has 0 fully saturated rings. The summed E-state index contributed by atoms with van der Waals surface area (Å²) in [6.07, 6.45) is 0. The first-order valence-corrected chi connectivity index (χ1v) is 8.31. The number of rotatable bonds is 5. The van der Waals surface area contributed by atoms with Gasteiger partial charge in [0.2, 0.25) is 0 Å². The summed E-state index contributed by atoms with van der Waals surface area (Å²) in [7, 11) is 0. The SMILES string of the molecule is Cc1cc(Cl)cc(Cl)c1OCC(=O)Nc1cc(C(=O)O)c(Cl)cc1Cl. The van der Waals surface area contributed by atoms with Crippen molar-refractivity contribution < 1.29 is 19.4 Å². The summed E-state index contributed by atoms with van der Waals surface area (Å²) < 4.78 is 5.41. The number of anilines is 1. The zero-order valence-electron chi connectivity index (χ0n) is 12.7. The van der Waals surface area contributed by atoms with Crippen LogP contribution in [0.3, 0.4) is 0 Å². The lowest BCUT2D eigenvalue weighted by Crippen LogP contribution is -2.21. The molecule has 0 spiro atoms. The molecule has 0 unspecified atom stereocenters. The number of carbonyl (C=O) groups is 2. The highest BCUT2D eigenvalue weighted by Gasteiger charge is 2.16. The first-order valence-electron chi connectivity index (χ1n) is 6.79. The molecule has 0 radical (unpaired) electrons. The number of aryl methyl sites for hydroxylation is 1. The standard InChI is InChI=1S/C16H11Cl4NO4/c1-7-2-8(17)3-12(20)15(7)25-6-14(22)21-13-4-9(16(23)24)10(18)5-11(13)19/h2-5H,6H2,1H3,(H,21,22)(H,23,24). The third-order valence-corrected chi connectivity index (χ3v) is 4.23. The van der Waals surface area contributed by atoms with E-state index in [1.165, 1.54) is 18.2 Å². The van der Waals surface area contributed by atoms with E-state index in [0.29, 0.717) is 16.3 Å². The Bertz CT molecular complexity index is 831. The Morgan fingerprint density at radius 2 is 1.72 bits per heavy atom. The first kappa shape index (κ1) is 19.7. The van der Waals surface area contributed by atoms with Crippen molar-refractivity contribution in [1.29, 1.82) is 0 Å². The van der Waals surface area contributed by atoms with E-state index in [-0.39, 0.29) is 32.9 Å². The molecule has 0 atom stereocenters. The van der Waals surface area contributed by atoms with Gasteiger partial charge in [0.05, 0.1) is 26.3 Å². The van der Waals surface area contributed by atoms with Crippen LogP contribution in [0.5, 0.6) is 5.75 Å². The number of carboxylic acid groups (broad SMARTS) is 1. The van der Waals surface area contributed by atoms with Gasteiger partial charge in [0, 0.05) is 5.02 Å². The van der Waals surface area contributed by atoms with Gasteiger partial charge in [-0.05, 0) is 36.8 Å². The molecule has 0 saturated carbocycles. The summed E-state index contributed by atoms with van der Waals surface area (Å²) in [4.78, 5) is 23.1. The van der Waals surface area contributed by atoms with Crippen molar-refractivity contribution in [3.8, 4) is 5.75 Å². The van der Waals surface area contributed by atoms with Crippen LogP contribution in [0.4, 0.5) is 5.69 Å². The normalized spacial score (nSPS) is 10.4. The highest BCUT2D eigenvalue weighted by Crippen LogP contribution is 2.32. The van der Waals surface area contributed by atoms with E-state index in [4.69, 9.17) is 56.2 Å². The Balaban J connectivity index is 2.11. The van der Waals surface area contributed by atoms with Gasteiger partial charge < -0.3 is 15.2 Å². The minimum absolute atomic E-state index is 0.0321. The van der Waals surface area contributed by atoms with Crippen molar-refractivity contribution in [2.75, 3.05) is 11.9 Å². The fourth-order valence-electron chi connectivity index (χ4n) is 2.00. The molecule has 9 heteroatoms. The van der Waals surface area contributed by atoms with Crippen molar-refractivity contribution in [3.63, 3.8) is 0 Å². The maximum absolute atomic E-state index is 12.0. The molecule has 0 bridgehead atoms. The van der Waals surface area contributed by atoms with Crippen LogP contribution >= 0.6 is 46.4 Å². The lowest BCUT2D eigenvalue weighted by atomic mass is 10.2. The fraction of sp³-hybridized carbons (Fsp3) is 0.125. The van der Waals surface area contributed by atoms with Crippen LogP contribution in [0.15, 0.2) is 24.3 Å². The summed E-state index contributed by atoms with van der Waals surface area (Å²) in [6.45, 7) is 1.38. The summed E-state index contributed by atoms with van der Waals surface area (Å²) in [5.74, 6) is -1.46. The van der Waals surface area contributed by atoms with Crippen LogP contribution in [-0.4, -0.2) is 23.6 Å². The molecule has 2 rings (SSSR count). The third-order valence-electron chi connectivity index (χ3n) is 3.10. The molecular weight excluding hydrogens is 412 g/mol. The maximum Gasteiger partial charge on any atom is 0.337 e. The molecule has 2 aromatic rings. The highest BCUT2D eigenvalue weighted by atomic mass is 35.5. The molecule has 0 aliphatic rings. The van der Waals surface area contributed by atoms with Gasteiger partial charge in [0.1, 0.15) is 5.75 Å². The summed E-state index contributed by atoms with van der Waals surface area (Å²) >= 11 is 23.7. The molecule has 132 valence electrons. The second-order valence-electron chi connectivity index (χ2n) is 4.99. The lowest BCUT2D eigenvalue weighted by Gasteiger charge is -2.13. The number of carboxylic acids is 1. The second-order valence-corrected chi connectivity index (χ2v) is 6.65. The van der Waals surface area contributed by atoms with Gasteiger partial charge in [-0.2, -0.15) is 0 Å². The van der Waals surface area contributed by atoms with Gasteiger partial charge in [0.25, 0.3) is 5.91 Å². The van der Waals surface area contributed by atoms with E-state index in [9.17, 15) is 9.59 Å². The van der Waals surface area contributed by atoms with Crippen molar-refractivity contribution in [3.05, 3.63) is 55.5 Å². The van der Waals surface area contributed by atoms with Crippen molar-refractivity contribution >= 4 is 64.0 Å². The average Bonchev–Trinajstić information content (AvgIpc) is 2.48. The Labute approximate surface area is 163 Å². The Morgan fingerprint density at radius 3 is 2.32 bits per heavy atom. The molecule has 5 nitrogen and oxygen atoms in total. The number of benzene rings is 2. The van der Waals surface area contributed by atoms with E-state index in [2.05, 4.69) is 5.32 Å². The van der Waals surface area contributed by atoms with E-state index in [1.807, 2.05) is 0 Å². The topological polar surface area (TPSA) is 75.6 Å². The highest BCUT2D eigenvalue weighted by molar-refractivity contribution is 6.38. The van der Waals surface area contributed by atoms with Crippen LogP contribution in [0.2, 0.25) is 20.1 Å². The van der Waals surface area contributed by atoms with Gasteiger partial charge in [-0.3, -0.25) is 4.79 Å². The van der Waals surface area contributed by atoms with Gasteiger partial charge in [-0.15, -0.1) is 0 Å². The van der Waals surface area contributed by atoms with Crippen LogP contribution in [0.25, 0.3) is 0 Å². The number of halogens is 4. The van der Waals surface area contributed by atoms with E-state index in [1.54, 1.807) is 13.0 Å². The second kappa shape index (κ2) is 8.15. The van der Waals surface area contributed by atoms with Gasteiger partial charge in [-0.1, -0.05) is 46.4 Å². The molecule has 0 aromatic heterocycles. The van der Waals surface area contributed by atoms with Crippen LogP contribution < -0.4 is 10.1 Å². The molecule has 2 aromatic carbocycles. The summed E-state index contributed by atoms with van der Waals surface area (Å²) in [5.41, 5.74) is 0.595. The molecule has 0 aliphatic heterocycles. The predicted molar refractivity (Wildman–Crippen MR) is 98.7 cm³/mol. The predicted octanol–water partition coefficient (Wildman–Crippen LogP) is 5.32. The van der Waals surface area contributed by atoms with Crippen molar-refractivity contribution in [2.45, 2.75) is 6.92 Å². The zero-order chi connectivity index (χ0) is 18.7. The van der Waals surface area contributed by atoms with Gasteiger partial charge in [-0.25, -0.2) is 4.79 Å². The van der Waals surface area contributed by atoms with Crippen molar-refractivity contribution in [2.24, 2.45) is 0 Å². The number of amides is 1. The van der Waals surface area contributed by atoms with Crippen LogP contribution in [0, 0.1) is 6.92 Å². The molecule has 2 N–H and O–H groups in total. The number of aromatic carboxylic acids is 1. The number of hydrogen-bond donors (Lipinski definition) is 2. The Hall–Kier alpha value is -1.66. The minimum atomic E-state index is -1.24. The van der Waals surface area contributed by atoms with Crippen molar-refractivity contribution in [1.82, 2.24) is 0 Å². The van der Waals surface area contributed by atoms with E-state index in [0.717, 1.165) is 0 Å². The molecule has 0 heterocycles. The molecule has 0 saturated heterocycles. The van der Waals surface area contributed by atoms with Crippen LogP contribution in [0.1, 0.15) is 15.9 Å². The van der Waals surface area contributed by atoms with Gasteiger partial charge in [0.15, 0.2) is 6.61 Å². The van der Waals surface area contributed by atoms with Gasteiger partial charge >= 0.3 is 5.97 Å². The smallest absolute Gasteiger partial charge is 0.337 e. The number of hydrogen-bond acceptors (Lipinski definition) is 3. The van der Waals surface area contributed by atoms with Crippen LogP contribution in [-0.2, 0) is 4.79 Å². The average molecular weight is 423 g/mol.